The molecule has 1 aliphatic carbocycles. The molecule has 0 heterocycles. The van der Waals surface area contributed by atoms with E-state index in [4.69, 9.17) is 11.6 Å². The number of carbonyl (C=O) groups excluding carboxylic acids is 1. The fourth-order valence-corrected chi connectivity index (χ4v) is 2.83. The highest BCUT2D eigenvalue weighted by Crippen LogP contribution is 2.25. The zero-order valence-electron chi connectivity index (χ0n) is 11.3. The zero-order valence-corrected chi connectivity index (χ0v) is 12.0. The monoisotopic (exact) mass is 296 g/mol. The molecule has 0 radical (unpaired) electrons. The second kappa shape index (κ2) is 6.22. The van der Waals surface area contributed by atoms with Gasteiger partial charge in [-0.3, -0.25) is 14.9 Å². The molecule has 1 N–H and O–H groups in total. The average molecular weight is 297 g/mol. The number of nitro groups is 1. The van der Waals surface area contributed by atoms with E-state index in [1.165, 1.54) is 24.6 Å². The van der Waals surface area contributed by atoms with Gasteiger partial charge in [-0.1, -0.05) is 31.4 Å². The lowest BCUT2D eigenvalue weighted by molar-refractivity contribution is -0.384. The van der Waals surface area contributed by atoms with Gasteiger partial charge in [-0.25, -0.2) is 0 Å². The number of nitrogens with one attached hydrogen (secondary N) is 1. The Morgan fingerprint density at radius 3 is 2.85 bits per heavy atom. The van der Waals surface area contributed by atoms with Crippen molar-refractivity contribution in [1.82, 2.24) is 5.32 Å². The molecule has 0 saturated heterocycles. The molecule has 2 rings (SSSR count). The lowest BCUT2D eigenvalue weighted by Crippen LogP contribution is -2.38. The maximum Gasteiger partial charge on any atom is 0.270 e. The quantitative estimate of drug-likeness (QED) is 0.684. The van der Waals surface area contributed by atoms with Gasteiger partial charge in [0.1, 0.15) is 0 Å². The summed E-state index contributed by atoms with van der Waals surface area (Å²) >= 11 is 5.96. The number of benzene rings is 1. The Labute approximate surface area is 122 Å². The summed E-state index contributed by atoms with van der Waals surface area (Å²) in [6, 6.07) is 4.03. The lowest BCUT2D eigenvalue weighted by atomic mass is 9.87. The first kappa shape index (κ1) is 14.8. The van der Waals surface area contributed by atoms with Crippen LogP contribution >= 0.6 is 11.6 Å². The van der Waals surface area contributed by atoms with E-state index in [1.807, 2.05) is 0 Å². The second-order valence-electron chi connectivity index (χ2n) is 5.36. The number of carbonyl (C=O) groups is 1. The minimum Gasteiger partial charge on any atom is -0.349 e. The Bertz CT molecular complexity index is 533. The predicted octanol–water partition coefficient (Wildman–Crippen LogP) is 3.56. The minimum absolute atomic E-state index is 0.126. The lowest BCUT2D eigenvalue weighted by Gasteiger charge is -2.27. The molecule has 2 unspecified atom stereocenters. The Balaban J connectivity index is 2.12. The first-order valence-corrected chi connectivity index (χ1v) is 7.10. The van der Waals surface area contributed by atoms with E-state index in [2.05, 4.69) is 12.2 Å². The molecule has 1 fully saturated rings. The molecule has 1 aromatic rings. The van der Waals surface area contributed by atoms with Crippen LogP contribution in [-0.4, -0.2) is 16.9 Å². The van der Waals surface area contributed by atoms with E-state index in [9.17, 15) is 14.9 Å². The van der Waals surface area contributed by atoms with Gasteiger partial charge in [0, 0.05) is 18.2 Å². The average Bonchev–Trinajstić information content (AvgIpc) is 2.38. The smallest absolute Gasteiger partial charge is 0.270 e. The predicted molar refractivity (Wildman–Crippen MR) is 77.0 cm³/mol. The van der Waals surface area contributed by atoms with Gasteiger partial charge in [-0.15, -0.1) is 0 Å². The fraction of sp³-hybridized carbons (Fsp3) is 0.500. The van der Waals surface area contributed by atoms with E-state index in [0.717, 1.165) is 19.3 Å². The van der Waals surface area contributed by atoms with E-state index < -0.39 is 4.92 Å². The van der Waals surface area contributed by atoms with Gasteiger partial charge < -0.3 is 5.32 Å². The van der Waals surface area contributed by atoms with Crippen LogP contribution in [0.5, 0.6) is 0 Å². The summed E-state index contributed by atoms with van der Waals surface area (Å²) < 4.78 is 0. The molecule has 1 amide bonds. The number of hydrogen-bond acceptors (Lipinski definition) is 3. The molecule has 0 aromatic heterocycles. The molecule has 0 spiro atoms. The van der Waals surface area contributed by atoms with Crippen molar-refractivity contribution in [2.45, 2.75) is 38.6 Å². The molecule has 1 aromatic carbocycles. The van der Waals surface area contributed by atoms with Crippen LogP contribution in [0.4, 0.5) is 5.69 Å². The first-order valence-electron chi connectivity index (χ1n) is 6.72. The number of hydrogen-bond donors (Lipinski definition) is 1. The Morgan fingerprint density at radius 2 is 2.20 bits per heavy atom. The van der Waals surface area contributed by atoms with Crippen LogP contribution in [0.15, 0.2) is 18.2 Å². The van der Waals surface area contributed by atoms with Crippen LogP contribution in [0.25, 0.3) is 0 Å². The first-order chi connectivity index (χ1) is 9.47. The van der Waals surface area contributed by atoms with Crippen LogP contribution in [0.2, 0.25) is 5.02 Å². The summed E-state index contributed by atoms with van der Waals surface area (Å²) in [5.74, 6) is 0.257. The zero-order chi connectivity index (χ0) is 14.7. The van der Waals surface area contributed by atoms with Crippen LogP contribution in [0.1, 0.15) is 43.0 Å². The summed E-state index contributed by atoms with van der Waals surface area (Å²) in [7, 11) is 0. The summed E-state index contributed by atoms with van der Waals surface area (Å²) in [4.78, 5) is 22.4. The molecule has 1 aliphatic rings. The van der Waals surface area contributed by atoms with Gasteiger partial charge >= 0.3 is 0 Å². The molecule has 20 heavy (non-hydrogen) atoms. The van der Waals surface area contributed by atoms with Crippen molar-refractivity contribution in [3.63, 3.8) is 0 Å². The molecule has 0 bridgehead atoms. The van der Waals surface area contributed by atoms with Gasteiger partial charge in [0.15, 0.2) is 0 Å². The number of nitrogens with zero attached hydrogens (tertiary/aromatic N) is 1. The Hall–Kier alpha value is -1.62. The molecule has 108 valence electrons. The van der Waals surface area contributed by atoms with Crippen LogP contribution in [0, 0.1) is 16.0 Å². The van der Waals surface area contributed by atoms with Crippen LogP contribution in [0.3, 0.4) is 0 Å². The van der Waals surface area contributed by atoms with Gasteiger partial charge in [0.05, 0.1) is 15.5 Å². The number of halogens is 1. The standard InChI is InChI=1S/C14H17ClN2O3/c1-9-3-2-4-10(7-9)16-14(18)12-8-11(17(19)20)5-6-13(12)15/h5-6,8-10H,2-4,7H2,1H3,(H,16,18). The van der Waals surface area contributed by atoms with Crippen LogP contribution < -0.4 is 5.32 Å². The SMILES string of the molecule is CC1CCCC(NC(=O)c2cc([N+](=O)[O-])ccc2Cl)C1. The number of rotatable bonds is 3. The van der Waals surface area contributed by atoms with E-state index in [1.54, 1.807) is 0 Å². The highest BCUT2D eigenvalue weighted by molar-refractivity contribution is 6.33. The Kier molecular flexibility index (Phi) is 4.60. The third-order valence-electron chi connectivity index (χ3n) is 3.68. The normalized spacial score (nSPS) is 22.3. The topological polar surface area (TPSA) is 72.2 Å². The molecular weight excluding hydrogens is 280 g/mol. The van der Waals surface area contributed by atoms with Crippen LogP contribution in [-0.2, 0) is 0 Å². The molecule has 5 nitrogen and oxygen atoms in total. The number of amides is 1. The third kappa shape index (κ3) is 3.48. The van der Waals surface area contributed by atoms with Crippen molar-refractivity contribution in [3.8, 4) is 0 Å². The summed E-state index contributed by atoms with van der Waals surface area (Å²) in [5.41, 5.74) is 0.0376. The highest BCUT2D eigenvalue weighted by atomic mass is 35.5. The fourth-order valence-electron chi connectivity index (χ4n) is 2.63. The Morgan fingerprint density at radius 1 is 1.45 bits per heavy atom. The van der Waals surface area contributed by atoms with Crippen molar-refractivity contribution in [3.05, 3.63) is 38.9 Å². The highest BCUT2D eigenvalue weighted by Gasteiger charge is 2.23. The van der Waals surface area contributed by atoms with E-state index in [-0.39, 0.29) is 28.2 Å². The summed E-state index contributed by atoms with van der Waals surface area (Å²) in [6.45, 7) is 2.17. The van der Waals surface area contributed by atoms with Crippen molar-refractivity contribution in [2.24, 2.45) is 5.92 Å². The van der Waals surface area contributed by atoms with E-state index in [0.29, 0.717) is 5.92 Å². The maximum absolute atomic E-state index is 12.2. The van der Waals surface area contributed by atoms with Gasteiger partial charge in [-0.2, -0.15) is 0 Å². The van der Waals surface area contributed by atoms with Crippen molar-refractivity contribution < 1.29 is 9.72 Å². The maximum atomic E-state index is 12.2. The largest absolute Gasteiger partial charge is 0.349 e. The summed E-state index contributed by atoms with van der Waals surface area (Å²) in [5, 5.41) is 13.9. The second-order valence-corrected chi connectivity index (χ2v) is 5.77. The third-order valence-corrected chi connectivity index (χ3v) is 4.01. The van der Waals surface area contributed by atoms with E-state index >= 15 is 0 Å². The van der Waals surface area contributed by atoms with Gasteiger partial charge in [0.2, 0.25) is 0 Å². The van der Waals surface area contributed by atoms with Gasteiger partial charge in [-0.05, 0) is 24.8 Å². The molecule has 1 saturated carbocycles. The molecular formula is C14H17ClN2O3. The number of nitro benzene ring substituents is 1. The van der Waals surface area contributed by atoms with Gasteiger partial charge in [0.25, 0.3) is 11.6 Å². The van der Waals surface area contributed by atoms with Crippen molar-refractivity contribution >= 4 is 23.2 Å². The molecule has 0 aliphatic heterocycles. The summed E-state index contributed by atoms with van der Waals surface area (Å²) in [6.07, 6.45) is 4.17. The number of non-ortho nitro benzene ring substituents is 1. The molecule has 6 heteroatoms. The van der Waals surface area contributed by atoms with Crippen molar-refractivity contribution in [1.29, 1.82) is 0 Å². The molecule has 2 atom stereocenters. The van der Waals surface area contributed by atoms with Crippen molar-refractivity contribution in [2.75, 3.05) is 0 Å². The minimum atomic E-state index is -0.532.